The first-order valence-electron chi connectivity index (χ1n) is 7.77. The van der Waals surface area contributed by atoms with Crippen LogP contribution in [0.4, 0.5) is 0 Å². The molecule has 2 aliphatic rings. The first kappa shape index (κ1) is 16.0. The van der Waals surface area contributed by atoms with Crippen LogP contribution in [0.25, 0.3) is 0 Å². The lowest BCUT2D eigenvalue weighted by Gasteiger charge is -2.23. The number of carbonyl (C=O) groups excluding carboxylic acids is 2. The summed E-state index contributed by atoms with van der Waals surface area (Å²) >= 11 is 0. The van der Waals surface area contributed by atoms with Crippen LogP contribution in [0.2, 0.25) is 0 Å². The van der Waals surface area contributed by atoms with E-state index < -0.39 is 9.84 Å². The molecule has 7 heteroatoms. The van der Waals surface area contributed by atoms with Crippen molar-refractivity contribution in [3.8, 4) is 0 Å². The van der Waals surface area contributed by atoms with E-state index >= 15 is 0 Å². The van der Waals surface area contributed by atoms with Crippen LogP contribution in [0.1, 0.15) is 25.7 Å². The van der Waals surface area contributed by atoms with Gasteiger partial charge in [-0.15, -0.1) is 0 Å². The largest absolute Gasteiger partial charge is 0.349 e. The predicted octanol–water partition coefficient (Wildman–Crippen LogP) is 0.731. The molecule has 1 aromatic rings. The maximum Gasteiger partial charge on any atom is 0.223 e. The van der Waals surface area contributed by atoms with E-state index in [1.54, 1.807) is 35.2 Å². The van der Waals surface area contributed by atoms with Gasteiger partial charge >= 0.3 is 0 Å². The third-order valence-corrected chi connectivity index (χ3v) is 6.36. The van der Waals surface area contributed by atoms with Crippen molar-refractivity contribution in [2.24, 2.45) is 0 Å². The Hall–Kier alpha value is -1.89. The van der Waals surface area contributed by atoms with Crippen LogP contribution in [0, 0.1) is 0 Å². The SMILES string of the molecule is O=C1CCC2(CCN(C(=O)CCS(=O)(=O)c3ccccc3)C2)N1. The topological polar surface area (TPSA) is 83.6 Å². The molecule has 1 spiro atoms. The Labute approximate surface area is 135 Å². The molecular weight excluding hydrogens is 316 g/mol. The van der Waals surface area contributed by atoms with E-state index in [-0.39, 0.29) is 34.4 Å². The molecule has 1 atom stereocenters. The number of hydrogen-bond donors (Lipinski definition) is 1. The van der Waals surface area contributed by atoms with Gasteiger partial charge in [-0.2, -0.15) is 0 Å². The molecule has 2 saturated heterocycles. The minimum absolute atomic E-state index is 0.0265. The summed E-state index contributed by atoms with van der Waals surface area (Å²) < 4.78 is 24.4. The quantitative estimate of drug-likeness (QED) is 0.879. The Morgan fingerprint density at radius 1 is 1.22 bits per heavy atom. The zero-order valence-corrected chi connectivity index (χ0v) is 13.6. The molecule has 1 N–H and O–H groups in total. The van der Waals surface area contributed by atoms with Gasteiger partial charge in [0, 0.05) is 25.9 Å². The van der Waals surface area contributed by atoms with Crippen LogP contribution >= 0.6 is 0 Å². The van der Waals surface area contributed by atoms with Crippen molar-refractivity contribution >= 4 is 21.7 Å². The summed E-state index contributed by atoms with van der Waals surface area (Å²) in [7, 11) is -3.44. The Bertz CT molecular complexity index is 717. The molecule has 2 fully saturated rings. The van der Waals surface area contributed by atoms with E-state index in [1.807, 2.05) is 0 Å². The van der Waals surface area contributed by atoms with Crippen molar-refractivity contribution in [1.29, 1.82) is 0 Å². The number of carbonyl (C=O) groups is 2. The van der Waals surface area contributed by atoms with Gasteiger partial charge in [0.05, 0.1) is 16.2 Å². The zero-order chi connectivity index (χ0) is 16.5. The average Bonchev–Trinajstić information content (AvgIpc) is 3.12. The summed E-state index contributed by atoms with van der Waals surface area (Å²) in [5, 5.41) is 2.96. The van der Waals surface area contributed by atoms with Crippen molar-refractivity contribution in [3.05, 3.63) is 30.3 Å². The summed E-state index contributed by atoms with van der Waals surface area (Å²) in [6.07, 6.45) is 1.97. The highest BCUT2D eigenvalue weighted by atomic mass is 32.2. The highest BCUT2D eigenvalue weighted by Gasteiger charge is 2.44. The van der Waals surface area contributed by atoms with Crippen LogP contribution in [-0.4, -0.2) is 49.5 Å². The minimum Gasteiger partial charge on any atom is -0.349 e. The van der Waals surface area contributed by atoms with E-state index in [0.717, 1.165) is 12.8 Å². The molecule has 0 bridgehead atoms. The molecule has 2 amide bonds. The normalized spacial score (nSPS) is 24.2. The Balaban J connectivity index is 1.57. The number of benzene rings is 1. The second-order valence-corrected chi connectivity index (χ2v) is 8.38. The molecular formula is C16H20N2O4S. The number of nitrogens with zero attached hydrogens (tertiary/aromatic N) is 1. The van der Waals surface area contributed by atoms with E-state index in [0.29, 0.717) is 19.5 Å². The number of hydrogen-bond acceptors (Lipinski definition) is 4. The van der Waals surface area contributed by atoms with Crippen LogP contribution in [0.15, 0.2) is 35.2 Å². The Kier molecular flexibility index (Phi) is 4.14. The van der Waals surface area contributed by atoms with Gasteiger partial charge in [0.1, 0.15) is 0 Å². The fourth-order valence-corrected chi connectivity index (χ4v) is 4.54. The summed E-state index contributed by atoms with van der Waals surface area (Å²) in [5.41, 5.74) is -0.287. The standard InChI is InChI=1S/C16H20N2O4S/c19-14-6-8-16(17-14)9-10-18(12-16)15(20)7-11-23(21,22)13-4-2-1-3-5-13/h1-5H,6-12H2,(H,17,19). The second kappa shape index (κ2) is 5.96. The first-order chi connectivity index (χ1) is 10.9. The smallest absolute Gasteiger partial charge is 0.223 e. The fraction of sp³-hybridized carbons (Fsp3) is 0.500. The Morgan fingerprint density at radius 3 is 2.61 bits per heavy atom. The average molecular weight is 336 g/mol. The number of rotatable bonds is 4. The molecule has 3 rings (SSSR count). The van der Waals surface area contributed by atoms with E-state index in [2.05, 4.69) is 5.32 Å². The third-order valence-electron chi connectivity index (χ3n) is 4.63. The number of amides is 2. The fourth-order valence-electron chi connectivity index (χ4n) is 3.29. The lowest BCUT2D eigenvalue weighted by atomic mass is 9.97. The van der Waals surface area contributed by atoms with Crippen LogP contribution in [0.5, 0.6) is 0 Å². The molecule has 0 aliphatic carbocycles. The van der Waals surface area contributed by atoms with Crippen LogP contribution in [0.3, 0.4) is 0 Å². The van der Waals surface area contributed by atoms with E-state index in [9.17, 15) is 18.0 Å². The van der Waals surface area contributed by atoms with Gasteiger partial charge in [0.2, 0.25) is 11.8 Å². The molecule has 2 heterocycles. The monoisotopic (exact) mass is 336 g/mol. The first-order valence-corrected chi connectivity index (χ1v) is 9.42. The number of likely N-dealkylation sites (tertiary alicyclic amines) is 1. The lowest BCUT2D eigenvalue weighted by molar-refractivity contribution is -0.130. The molecule has 0 aromatic heterocycles. The molecule has 1 unspecified atom stereocenters. The summed E-state index contributed by atoms with van der Waals surface area (Å²) in [6.45, 7) is 1.06. The van der Waals surface area contributed by atoms with Crippen molar-refractivity contribution in [3.63, 3.8) is 0 Å². The van der Waals surface area contributed by atoms with Gasteiger partial charge in [-0.05, 0) is 25.0 Å². The maximum absolute atomic E-state index is 12.3. The molecule has 23 heavy (non-hydrogen) atoms. The lowest BCUT2D eigenvalue weighted by Crippen LogP contribution is -2.45. The predicted molar refractivity (Wildman–Crippen MR) is 84.4 cm³/mol. The Morgan fingerprint density at radius 2 is 1.96 bits per heavy atom. The number of sulfone groups is 1. The van der Waals surface area contributed by atoms with Crippen molar-refractivity contribution in [2.75, 3.05) is 18.8 Å². The third kappa shape index (κ3) is 3.39. The molecule has 124 valence electrons. The molecule has 1 aromatic carbocycles. The van der Waals surface area contributed by atoms with Crippen molar-refractivity contribution in [1.82, 2.24) is 10.2 Å². The molecule has 0 radical (unpaired) electrons. The minimum atomic E-state index is -3.44. The highest BCUT2D eigenvalue weighted by Crippen LogP contribution is 2.30. The van der Waals surface area contributed by atoms with Gasteiger partial charge in [0.25, 0.3) is 0 Å². The van der Waals surface area contributed by atoms with Crippen molar-refractivity contribution < 1.29 is 18.0 Å². The van der Waals surface area contributed by atoms with Gasteiger partial charge in [-0.3, -0.25) is 9.59 Å². The number of nitrogens with one attached hydrogen (secondary N) is 1. The highest BCUT2D eigenvalue weighted by molar-refractivity contribution is 7.91. The molecule has 0 saturated carbocycles. The second-order valence-electron chi connectivity index (χ2n) is 6.28. The van der Waals surface area contributed by atoms with E-state index in [1.165, 1.54) is 0 Å². The molecule has 2 aliphatic heterocycles. The van der Waals surface area contributed by atoms with Gasteiger partial charge in [-0.1, -0.05) is 18.2 Å². The summed E-state index contributed by atoms with van der Waals surface area (Å²) in [4.78, 5) is 25.6. The maximum atomic E-state index is 12.3. The van der Waals surface area contributed by atoms with E-state index in [4.69, 9.17) is 0 Å². The van der Waals surface area contributed by atoms with Gasteiger partial charge in [-0.25, -0.2) is 8.42 Å². The van der Waals surface area contributed by atoms with Crippen molar-refractivity contribution in [2.45, 2.75) is 36.1 Å². The van der Waals surface area contributed by atoms with Crippen LogP contribution < -0.4 is 5.32 Å². The molecule has 6 nitrogen and oxygen atoms in total. The summed E-state index contributed by atoms with van der Waals surface area (Å²) in [5.74, 6) is -0.320. The zero-order valence-electron chi connectivity index (χ0n) is 12.8. The van der Waals surface area contributed by atoms with Gasteiger partial charge in [0.15, 0.2) is 9.84 Å². The van der Waals surface area contributed by atoms with Crippen LogP contribution in [-0.2, 0) is 19.4 Å². The summed E-state index contributed by atoms with van der Waals surface area (Å²) in [6, 6.07) is 8.17. The van der Waals surface area contributed by atoms with Gasteiger partial charge < -0.3 is 10.2 Å².